The van der Waals surface area contributed by atoms with Crippen molar-refractivity contribution in [2.45, 2.75) is 79.1 Å². The normalized spacial score (nSPS) is 14.5. The summed E-state index contributed by atoms with van der Waals surface area (Å²) >= 11 is 3.82. The maximum Gasteiger partial charge on any atom is 0.123 e. The number of phenolic OH excluding ortho intramolecular Hbond substituents is 1. The summed E-state index contributed by atoms with van der Waals surface area (Å²) in [4.78, 5) is 0. The van der Waals surface area contributed by atoms with Crippen molar-refractivity contribution in [1.29, 1.82) is 0 Å². The van der Waals surface area contributed by atoms with E-state index in [9.17, 15) is 5.11 Å². The Morgan fingerprint density at radius 3 is 1.68 bits per heavy atom. The fraction of sp³-hybridized carbons (Fsp3) is 0.500. The highest BCUT2D eigenvalue weighted by molar-refractivity contribution is 9.15. The average molecular weight is 488 g/mol. The molecule has 170 valence electrons. The standard InChI is InChI=1S/C28H39BrO2/c1-26(2,3)21(17-24(29)18-11-13-20(31-10)14-12-18)19-15-22(27(4,5)6)25(30)23(16-19)28(7,8)9/h11-17,21,30H,1-10H3. The van der Waals surface area contributed by atoms with E-state index < -0.39 is 0 Å². The van der Waals surface area contributed by atoms with Crippen molar-refractivity contribution in [2.24, 2.45) is 5.41 Å². The van der Waals surface area contributed by atoms with E-state index in [0.29, 0.717) is 5.75 Å². The zero-order valence-electron chi connectivity index (χ0n) is 20.9. The first-order chi connectivity index (χ1) is 14.1. The van der Waals surface area contributed by atoms with Gasteiger partial charge in [-0.15, -0.1) is 0 Å². The SMILES string of the molecule is COc1ccc(C(Br)=CC(c2cc(C(C)(C)C)c(O)c(C(C)(C)C)c2)C(C)(C)C)cc1. The Hall–Kier alpha value is -1.74. The van der Waals surface area contributed by atoms with E-state index in [1.54, 1.807) is 7.11 Å². The minimum Gasteiger partial charge on any atom is -0.507 e. The van der Waals surface area contributed by atoms with Gasteiger partial charge in [-0.2, -0.15) is 0 Å². The Kier molecular flexibility index (Phi) is 7.42. The topological polar surface area (TPSA) is 29.5 Å². The van der Waals surface area contributed by atoms with Gasteiger partial charge >= 0.3 is 0 Å². The van der Waals surface area contributed by atoms with Gasteiger partial charge in [-0.05, 0) is 50.6 Å². The second-order valence-electron chi connectivity index (χ2n) is 11.6. The third-order valence-corrected chi connectivity index (χ3v) is 6.44. The lowest BCUT2D eigenvalue weighted by atomic mass is 9.71. The molecule has 0 aliphatic carbocycles. The van der Waals surface area contributed by atoms with Gasteiger partial charge in [0, 0.05) is 10.4 Å². The number of halogens is 1. The summed E-state index contributed by atoms with van der Waals surface area (Å²) < 4.78 is 6.35. The van der Waals surface area contributed by atoms with Crippen LogP contribution in [0.3, 0.4) is 0 Å². The number of hydrogen-bond acceptors (Lipinski definition) is 2. The van der Waals surface area contributed by atoms with E-state index in [4.69, 9.17) is 4.74 Å². The second-order valence-corrected chi connectivity index (χ2v) is 12.4. The number of rotatable bonds is 4. The number of allylic oxidation sites excluding steroid dienone is 1. The van der Waals surface area contributed by atoms with Crippen LogP contribution in [0, 0.1) is 5.41 Å². The van der Waals surface area contributed by atoms with Crippen LogP contribution < -0.4 is 4.74 Å². The molecule has 1 atom stereocenters. The Morgan fingerprint density at radius 2 is 1.32 bits per heavy atom. The van der Waals surface area contributed by atoms with E-state index in [-0.39, 0.29) is 22.2 Å². The van der Waals surface area contributed by atoms with Crippen LogP contribution in [0.25, 0.3) is 4.48 Å². The van der Waals surface area contributed by atoms with Crippen LogP contribution in [0.4, 0.5) is 0 Å². The number of ether oxygens (including phenoxy) is 1. The summed E-state index contributed by atoms with van der Waals surface area (Å²) in [6, 6.07) is 12.5. The molecule has 2 rings (SSSR count). The molecule has 1 N–H and O–H groups in total. The van der Waals surface area contributed by atoms with Gasteiger partial charge in [0.2, 0.25) is 0 Å². The predicted molar refractivity (Wildman–Crippen MR) is 138 cm³/mol. The molecular weight excluding hydrogens is 448 g/mol. The van der Waals surface area contributed by atoms with Gasteiger partial charge < -0.3 is 9.84 Å². The van der Waals surface area contributed by atoms with Crippen molar-refractivity contribution in [3.63, 3.8) is 0 Å². The number of phenols is 1. The predicted octanol–water partition coefficient (Wildman–Crippen LogP) is 8.56. The first kappa shape index (κ1) is 25.5. The van der Waals surface area contributed by atoms with Crippen LogP contribution in [0.2, 0.25) is 0 Å². The molecule has 0 fully saturated rings. The Labute approximate surface area is 197 Å². The molecule has 1 unspecified atom stereocenters. The van der Waals surface area contributed by atoms with Crippen molar-refractivity contribution in [3.05, 3.63) is 64.7 Å². The number of benzene rings is 2. The highest BCUT2D eigenvalue weighted by Crippen LogP contribution is 2.45. The van der Waals surface area contributed by atoms with Gasteiger partial charge in [0.1, 0.15) is 11.5 Å². The molecular formula is C28H39BrO2. The molecule has 31 heavy (non-hydrogen) atoms. The largest absolute Gasteiger partial charge is 0.507 e. The maximum absolute atomic E-state index is 11.1. The fourth-order valence-corrected chi connectivity index (χ4v) is 4.35. The van der Waals surface area contributed by atoms with Crippen LogP contribution in [0.5, 0.6) is 11.5 Å². The first-order valence-corrected chi connectivity index (χ1v) is 11.7. The number of methoxy groups -OCH3 is 1. The molecule has 2 nitrogen and oxygen atoms in total. The lowest BCUT2D eigenvalue weighted by Crippen LogP contribution is -2.22. The molecule has 0 heterocycles. The Balaban J connectivity index is 2.71. The monoisotopic (exact) mass is 486 g/mol. The van der Waals surface area contributed by atoms with Gasteiger partial charge in [-0.25, -0.2) is 0 Å². The Morgan fingerprint density at radius 1 is 0.871 bits per heavy atom. The summed E-state index contributed by atoms with van der Waals surface area (Å²) in [6.45, 7) is 19.8. The summed E-state index contributed by atoms with van der Waals surface area (Å²) in [5.74, 6) is 1.43. The van der Waals surface area contributed by atoms with Crippen LogP contribution in [0.1, 0.15) is 90.5 Å². The molecule has 2 aromatic carbocycles. The van der Waals surface area contributed by atoms with Crippen molar-refractivity contribution in [3.8, 4) is 11.5 Å². The van der Waals surface area contributed by atoms with Crippen LogP contribution in [-0.4, -0.2) is 12.2 Å². The molecule has 0 radical (unpaired) electrons. The van der Waals surface area contributed by atoms with Crippen molar-refractivity contribution >= 4 is 20.4 Å². The third kappa shape index (κ3) is 6.16. The summed E-state index contributed by atoms with van der Waals surface area (Å²) in [5, 5.41) is 11.1. The average Bonchev–Trinajstić information content (AvgIpc) is 2.63. The van der Waals surface area contributed by atoms with E-state index in [1.807, 2.05) is 12.1 Å². The molecule has 0 saturated carbocycles. The van der Waals surface area contributed by atoms with Gasteiger partial charge in [-0.3, -0.25) is 0 Å². The van der Waals surface area contributed by atoms with Crippen molar-refractivity contribution < 1.29 is 9.84 Å². The molecule has 0 spiro atoms. The summed E-state index contributed by atoms with van der Waals surface area (Å²) in [5.41, 5.74) is 4.02. The second kappa shape index (κ2) is 9.02. The smallest absolute Gasteiger partial charge is 0.123 e. The molecule has 0 bridgehead atoms. The quantitative estimate of drug-likeness (QED) is 0.468. The van der Waals surface area contributed by atoms with E-state index in [0.717, 1.165) is 26.9 Å². The molecule has 0 amide bonds. The Bertz CT molecular complexity index is 898. The van der Waals surface area contributed by atoms with Gasteiger partial charge in [-0.1, -0.05) is 109 Å². The van der Waals surface area contributed by atoms with E-state index >= 15 is 0 Å². The fourth-order valence-electron chi connectivity index (χ4n) is 3.82. The molecule has 0 aliphatic rings. The lowest BCUT2D eigenvalue weighted by Gasteiger charge is -2.34. The highest BCUT2D eigenvalue weighted by Gasteiger charge is 2.31. The lowest BCUT2D eigenvalue weighted by molar-refractivity contribution is 0.364. The van der Waals surface area contributed by atoms with Crippen molar-refractivity contribution in [1.82, 2.24) is 0 Å². The number of aromatic hydroxyl groups is 1. The highest BCUT2D eigenvalue weighted by atomic mass is 79.9. The molecule has 0 saturated heterocycles. The first-order valence-electron chi connectivity index (χ1n) is 11.0. The van der Waals surface area contributed by atoms with Crippen molar-refractivity contribution in [2.75, 3.05) is 7.11 Å². The third-order valence-electron chi connectivity index (χ3n) is 5.72. The van der Waals surface area contributed by atoms with Gasteiger partial charge in [0.05, 0.1) is 7.11 Å². The molecule has 3 heteroatoms. The molecule has 0 aliphatic heterocycles. The number of hydrogen-bond donors (Lipinski definition) is 1. The minimum absolute atomic E-state index is 0.00717. The van der Waals surface area contributed by atoms with E-state index in [1.165, 1.54) is 5.56 Å². The minimum atomic E-state index is -0.153. The zero-order valence-corrected chi connectivity index (χ0v) is 22.4. The van der Waals surface area contributed by atoms with Crippen LogP contribution in [-0.2, 0) is 10.8 Å². The summed E-state index contributed by atoms with van der Waals surface area (Å²) in [6.07, 6.45) is 2.30. The summed E-state index contributed by atoms with van der Waals surface area (Å²) in [7, 11) is 1.68. The maximum atomic E-state index is 11.1. The van der Waals surface area contributed by atoms with Gasteiger partial charge in [0.15, 0.2) is 0 Å². The van der Waals surface area contributed by atoms with Gasteiger partial charge in [0.25, 0.3) is 0 Å². The zero-order chi connectivity index (χ0) is 23.8. The van der Waals surface area contributed by atoms with Crippen LogP contribution >= 0.6 is 15.9 Å². The molecule has 2 aromatic rings. The van der Waals surface area contributed by atoms with Crippen LogP contribution in [0.15, 0.2) is 42.5 Å². The van der Waals surface area contributed by atoms with E-state index in [2.05, 4.69) is 109 Å². The molecule has 0 aromatic heterocycles.